The molecule has 4 heteroatoms. The van der Waals surface area contributed by atoms with E-state index in [4.69, 9.17) is 0 Å². The quantitative estimate of drug-likeness (QED) is 0.760. The molecule has 17 heavy (non-hydrogen) atoms. The zero-order chi connectivity index (χ0) is 12.4. The van der Waals surface area contributed by atoms with Gasteiger partial charge in [-0.2, -0.15) is 0 Å². The summed E-state index contributed by atoms with van der Waals surface area (Å²) >= 11 is 1.36. The standard InChI is InChI=1S/C13H10F2OS/c1-8-5-6-12(17-8)11(16)7-9-3-2-4-10(14)13(9)15/h2-6H,7H2,1H3. The summed E-state index contributed by atoms with van der Waals surface area (Å²) in [6.07, 6.45) is -0.108. The maximum absolute atomic E-state index is 13.4. The van der Waals surface area contributed by atoms with Crippen LogP contribution < -0.4 is 0 Å². The van der Waals surface area contributed by atoms with E-state index in [9.17, 15) is 13.6 Å². The molecule has 1 aromatic heterocycles. The highest BCUT2D eigenvalue weighted by Crippen LogP contribution is 2.19. The maximum atomic E-state index is 13.4. The molecule has 1 aromatic carbocycles. The second-order valence-corrected chi connectivity index (χ2v) is 5.01. The Hall–Kier alpha value is -1.55. The molecule has 2 rings (SSSR count). The molecule has 0 aliphatic heterocycles. The minimum Gasteiger partial charge on any atom is -0.293 e. The number of aryl methyl sites for hydroxylation is 1. The first kappa shape index (κ1) is 11.9. The van der Waals surface area contributed by atoms with Gasteiger partial charge in [-0.15, -0.1) is 11.3 Å². The summed E-state index contributed by atoms with van der Waals surface area (Å²) < 4.78 is 26.3. The average Bonchev–Trinajstić information content (AvgIpc) is 2.72. The largest absolute Gasteiger partial charge is 0.293 e. The van der Waals surface area contributed by atoms with E-state index in [1.54, 1.807) is 6.07 Å². The smallest absolute Gasteiger partial charge is 0.177 e. The van der Waals surface area contributed by atoms with Crippen molar-refractivity contribution in [3.63, 3.8) is 0 Å². The molecule has 1 nitrogen and oxygen atoms in total. The zero-order valence-electron chi connectivity index (χ0n) is 9.17. The topological polar surface area (TPSA) is 17.1 Å². The van der Waals surface area contributed by atoms with Crippen molar-refractivity contribution in [2.45, 2.75) is 13.3 Å². The monoisotopic (exact) mass is 252 g/mol. The summed E-state index contributed by atoms with van der Waals surface area (Å²) in [5.41, 5.74) is 0.0982. The zero-order valence-corrected chi connectivity index (χ0v) is 9.98. The van der Waals surface area contributed by atoms with Gasteiger partial charge in [-0.3, -0.25) is 4.79 Å². The molecule has 0 amide bonds. The van der Waals surface area contributed by atoms with Crippen LogP contribution in [-0.2, 0) is 6.42 Å². The number of thiophene rings is 1. The van der Waals surface area contributed by atoms with Crippen LogP contribution >= 0.6 is 11.3 Å². The van der Waals surface area contributed by atoms with E-state index in [0.29, 0.717) is 4.88 Å². The fourth-order valence-corrected chi connectivity index (χ4v) is 2.33. The Bertz CT molecular complexity index is 560. The van der Waals surface area contributed by atoms with Gasteiger partial charge < -0.3 is 0 Å². The minimum absolute atomic E-state index is 0.0982. The van der Waals surface area contributed by atoms with Gasteiger partial charge in [0, 0.05) is 11.3 Å². The Morgan fingerprint density at radius 1 is 1.24 bits per heavy atom. The van der Waals surface area contributed by atoms with Crippen LogP contribution in [0, 0.1) is 18.6 Å². The fraction of sp³-hybridized carbons (Fsp3) is 0.154. The molecule has 0 unspecified atom stereocenters. The molecular weight excluding hydrogens is 242 g/mol. The van der Waals surface area contributed by atoms with Crippen LogP contribution in [0.4, 0.5) is 8.78 Å². The number of carbonyl (C=O) groups excluding carboxylic acids is 1. The molecule has 0 aliphatic rings. The number of carbonyl (C=O) groups is 1. The SMILES string of the molecule is Cc1ccc(C(=O)Cc2cccc(F)c2F)s1. The fourth-order valence-electron chi connectivity index (χ4n) is 1.53. The molecule has 0 N–H and O–H groups in total. The summed E-state index contributed by atoms with van der Waals surface area (Å²) in [5, 5.41) is 0. The summed E-state index contributed by atoms with van der Waals surface area (Å²) in [7, 11) is 0. The average molecular weight is 252 g/mol. The molecule has 0 saturated heterocycles. The van der Waals surface area contributed by atoms with E-state index in [2.05, 4.69) is 0 Å². The Labute approximate surface area is 102 Å². The van der Waals surface area contributed by atoms with Crippen LogP contribution in [0.15, 0.2) is 30.3 Å². The van der Waals surface area contributed by atoms with E-state index in [1.807, 2.05) is 13.0 Å². The molecular formula is C13H10F2OS. The third-order valence-electron chi connectivity index (χ3n) is 2.40. The van der Waals surface area contributed by atoms with Crippen molar-refractivity contribution in [1.82, 2.24) is 0 Å². The van der Waals surface area contributed by atoms with Crippen LogP contribution in [0.5, 0.6) is 0 Å². The number of Topliss-reactive ketones (excluding diaryl/α,β-unsaturated/α-hetero) is 1. The predicted molar refractivity (Wildman–Crippen MR) is 63.4 cm³/mol. The highest BCUT2D eigenvalue weighted by Gasteiger charge is 2.14. The first-order valence-corrected chi connectivity index (χ1v) is 5.92. The van der Waals surface area contributed by atoms with Crippen LogP contribution in [0.25, 0.3) is 0 Å². The lowest BCUT2D eigenvalue weighted by molar-refractivity contribution is 0.0995. The Morgan fingerprint density at radius 2 is 2.00 bits per heavy atom. The Morgan fingerprint density at radius 3 is 2.65 bits per heavy atom. The third-order valence-corrected chi connectivity index (χ3v) is 3.44. The minimum atomic E-state index is -0.936. The lowest BCUT2D eigenvalue weighted by Crippen LogP contribution is -2.04. The van der Waals surface area contributed by atoms with Gasteiger partial charge in [0.25, 0.3) is 0 Å². The van der Waals surface area contributed by atoms with Crippen LogP contribution in [-0.4, -0.2) is 5.78 Å². The second-order valence-electron chi connectivity index (χ2n) is 3.72. The molecule has 88 valence electrons. The second kappa shape index (κ2) is 4.75. The van der Waals surface area contributed by atoms with Crippen molar-refractivity contribution in [1.29, 1.82) is 0 Å². The molecule has 1 heterocycles. The number of ketones is 1. The lowest BCUT2D eigenvalue weighted by atomic mass is 10.1. The number of hydrogen-bond donors (Lipinski definition) is 0. The van der Waals surface area contributed by atoms with Crippen molar-refractivity contribution in [3.05, 3.63) is 57.3 Å². The van der Waals surface area contributed by atoms with Crippen LogP contribution in [0.2, 0.25) is 0 Å². The number of rotatable bonds is 3. The van der Waals surface area contributed by atoms with Gasteiger partial charge in [-0.1, -0.05) is 12.1 Å². The van der Waals surface area contributed by atoms with Gasteiger partial charge in [-0.25, -0.2) is 8.78 Å². The number of hydrogen-bond acceptors (Lipinski definition) is 2. The third kappa shape index (κ3) is 2.58. The Balaban J connectivity index is 2.21. The molecule has 0 fully saturated rings. The van der Waals surface area contributed by atoms with E-state index in [0.717, 1.165) is 10.9 Å². The maximum Gasteiger partial charge on any atom is 0.177 e. The molecule has 0 saturated carbocycles. The highest BCUT2D eigenvalue weighted by atomic mass is 32.1. The van der Waals surface area contributed by atoms with Gasteiger partial charge in [0.2, 0.25) is 0 Å². The number of halogens is 2. The Kier molecular flexibility index (Phi) is 3.33. The van der Waals surface area contributed by atoms with Gasteiger partial charge in [0.15, 0.2) is 17.4 Å². The molecule has 0 radical (unpaired) electrons. The van der Waals surface area contributed by atoms with Crippen molar-refractivity contribution >= 4 is 17.1 Å². The lowest BCUT2D eigenvalue weighted by Gasteiger charge is -2.01. The normalized spacial score (nSPS) is 10.5. The first-order valence-electron chi connectivity index (χ1n) is 5.10. The van der Waals surface area contributed by atoms with Crippen molar-refractivity contribution in [2.24, 2.45) is 0 Å². The first-order chi connectivity index (χ1) is 8.08. The van der Waals surface area contributed by atoms with Crippen LogP contribution in [0.3, 0.4) is 0 Å². The van der Waals surface area contributed by atoms with E-state index >= 15 is 0 Å². The number of benzene rings is 1. The van der Waals surface area contributed by atoms with E-state index in [1.165, 1.54) is 23.5 Å². The van der Waals surface area contributed by atoms with Gasteiger partial charge in [0.05, 0.1) is 4.88 Å². The predicted octanol–water partition coefficient (Wildman–Crippen LogP) is 3.76. The highest BCUT2D eigenvalue weighted by molar-refractivity contribution is 7.14. The molecule has 0 atom stereocenters. The molecule has 0 bridgehead atoms. The molecule has 0 aliphatic carbocycles. The van der Waals surface area contributed by atoms with Crippen molar-refractivity contribution < 1.29 is 13.6 Å². The van der Waals surface area contributed by atoms with Gasteiger partial charge in [-0.05, 0) is 30.7 Å². The van der Waals surface area contributed by atoms with E-state index in [-0.39, 0.29) is 17.8 Å². The van der Waals surface area contributed by atoms with Crippen molar-refractivity contribution in [2.75, 3.05) is 0 Å². The van der Waals surface area contributed by atoms with E-state index < -0.39 is 11.6 Å². The molecule has 0 spiro atoms. The van der Waals surface area contributed by atoms with Crippen LogP contribution in [0.1, 0.15) is 20.1 Å². The van der Waals surface area contributed by atoms with Crippen molar-refractivity contribution in [3.8, 4) is 0 Å². The summed E-state index contributed by atoms with van der Waals surface area (Å²) in [6, 6.07) is 7.41. The summed E-state index contributed by atoms with van der Waals surface area (Å²) in [6.45, 7) is 1.89. The molecule has 2 aromatic rings. The summed E-state index contributed by atoms with van der Waals surface area (Å²) in [5.74, 6) is -2.04. The summed E-state index contributed by atoms with van der Waals surface area (Å²) in [4.78, 5) is 13.4. The van der Waals surface area contributed by atoms with Gasteiger partial charge >= 0.3 is 0 Å². The van der Waals surface area contributed by atoms with Gasteiger partial charge in [0.1, 0.15) is 0 Å².